The standard InChI is InChI=1S/C20H14FN3O/c21-18-9-7-16(8-10-18)15-5-3-14(4-6-15)12-19(25)24-20-17(13-22)2-1-11-23-20/h1-11H,12H2,(H,23,24,25). The minimum atomic E-state index is -0.275. The van der Waals surface area contributed by atoms with Crippen molar-refractivity contribution >= 4 is 11.7 Å². The Bertz CT molecular complexity index is 928. The smallest absolute Gasteiger partial charge is 0.229 e. The van der Waals surface area contributed by atoms with Crippen LogP contribution in [-0.2, 0) is 11.2 Å². The number of nitriles is 1. The molecule has 0 fully saturated rings. The van der Waals surface area contributed by atoms with E-state index in [0.29, 0.717) is 5.56 Å². The van der Waals surface area contributed by atoms with Crippen molar-refractivity contribution in [2.75, 3.05) is 5.32 Å². The van der Waals surface area contributed by atoms with E-state index in [1.165, 1.54) is 18.3 Å². The van der Waals surface area contributed by atoms with E-state index in [4.69, 9.17) is 5.26 Å². The zero-order chi connectivity index (χ0) is 17.6. The van der Waals surface area contributed by atoms with Crippen LogP contribution in [0.1, 0.15) is 11.1 Å². The number of nitrogens with one attached hydrogen (secondary N) is 1. The van der Waals surface area contributed by atoms with Crippen LogP contribution < -0.4 is 5.32 Å². The molecule has 0 aliphatic carbocycles. The van der Waals surface area contributed by atoms with E-state index in [2.05, 4.69) is 10.3 Å². The Morgan fingerprint density at radius 3 is 2.32 bits per heavy atom. The topological polar surface area (TPSA) is 65.8 Å². The molecule has 4 nitrogen and oxygen atoms in total. The highest BCUT2D eigenvalue weighted by atomic mass is 19.1. The molecule has 0 atom stereocenters. The van der Waals surface area contributed by atoms with Crippen LogP contribution in [0, 0.1) is 17.1 Å². The fourth-order valence-electron chi connectivity index (χ4n) is 2.41. The third-order valence-corrected chi connectivity index (χ3v) is 3.68. The second-order valence-electron chi connectivity index (χ2n) is 5.44. The SMILES string of the molecule is N#Cc1cccnc1NC(=O)Cc1ccc(-c2ccc(F)cc2)cc1. The van der Waals surface area contributed by atoms with Crippen molar-refractivity contribution in [3.8, 4) is 17.2 Å². The first-order chi connectivity index (χ1) is 12.2. The van der Waals surface area contributed by atoms with Gasteiger partial charge in [0, 0.05) is 6.20 Å². The quantitative estimate of drug-likeness (QED) is 0.787. The molecule has 0 unspecified atom stereocenters. The largest absolute Gasteiger partial charge is 0.309 e. The van der Waals surface area contributed by atoms with Crippen LogP contribution in [0.2, 0.25) is 0 Å². The molecule has 25 heavy (non-hydrogen) atoms. The lowest BCUT2D eigenvalue weighted by atomic mass is 10.0. The molecule has 0 aliphatic heterocycles. The van der Waals surface area contributed by atoms with Crippen LogP contribution in [0.15, 0.2) is 66.9 Å². The van der Waals surface area contributed by atoms with Gasteiger partial charge in [-0.2, -0.15) is 5.26 Å². The Balaban J connectivity index is 1.68. The second-order valence-corrected chi connectivity index (χ2v) is 5.44. The van der Waals surface area contributed by atoms with Crippen molar-refractivity contribution < 1.29 is 9.18 Å². The number of hydrogen-bond acceptors (Lipinski definition) is 3. The van der Waals surface area contributed by atoms with Crippen molar-refractivity contribution in [3.05, 3.63) is 83.8 Å². The van der Waals surface area contributed by atoms with Gasteiger partial charge in [0.2, 0.25) is 5.91 Å². The molecule has 3 aromatic rings. The predicted octanol–water partition coefficient (Wildman–Crippen LogP) is 3.94. The van der Waals surface area contributed by atoms with Gasteiger partial charge in [-0.15, -0.1) is 0 Å². The van der Waals surface area contributed by atoms with Gasteiger partial charge in [-0.1, -0.05) is 36.4 Å². The van der Waals surface area contributed by atoms with E-state index in [1.807, 2.05) is 30.3 Å². The third kappa shape index (κ3) is 4.06. The highest BCUT2D eigenvalue weighted by molar-refractivity contribution is 5.92. The number of rotatable bonds is 4. The fourth-order valence-corrected chi connectivity index (χ4v) is 2.41. The highest BCUT2D eigenvalue weighted by Gasteiger charge is 2.09. The summed E-state index contributed by atoms with van der Waals surface area (Å²) in [5.41, 5.74) is 3.01. The molecular weight excluding hydrogens is 317 g/mol. The Kier molecular flexibility index (Phi) is 4.82. The van der Waals surface area contributed by atoms with Crippen LogP contribution in [0.25, 0.3) is 11.1 Å². The van der Waals surface area contributed by atoms with E-state index in [9.17, 15) is 9.18 Å². The summed E-state index contributed by atoms with van der Waals surface area (Å²) in [6.45, 7) is 0. The van der Waals surface area contributed by atoms with Crippen LogP contribution in [0.4, 0.5) is 10.2 Å². The lowest BCUT2D eigenvalue weighted by Gasteiger charge is -2.07. The van der Waals surface area contributed by atoms with E-state index < -0.39 is 0 Å². The summed E-state index contributed by atoms with van der Waals surface area (Å²) in [5, 5.41) is 11.7. The van der Waals surface area contributed by atoms with Gasteiger partial charge >= 0.3 is 0 Å². The van der Waals surface area contributed by atoms with Crippen molar-refractivity contribution in [1.29, 1.82) is 5.26 Å². The van der Waals surface area contributed by atoms with E-state index in [-0.39, 0.29) is 24.0 Å². The second kappa shape index (κ2) is 7.37. The van der Waals surface area contributed by atoms with Gasteiger partial charge in [0.05, 0.1) is 12.0 Å². The maximum Gasteiger partial charge on any atom is 0.229 e. The van der Waals surface area contributed by atoms with Crippen molar-refractivity contribution in [2.24, 2.45) is 0 Å². The van der Waals surface area contributed by atoms with Crippen LogP contribution in [0.3, 0.4) is 0 Å². The van der Waals surface area contributed by atoms with E-state index >= 15 is 0 Å². The van der Waals surface area contributed by atoms with Crippen molar-refractivity contribution in [2.45, 2.75) is 6.42 Å². The summed E-state index contributed by atoms with van der Waals surface area (Å²) in [4.78, 5) is 16.1. The lowest BCUT2D eigenvalue weighted by Crippen LogP contribution is -2.16. The molecule has 1 amide bonds. The Hall–Kier alpha value is -3.52. The minimum Gasteiger partial charge on any atom is -0.309 e. The summed E-state index contributed by atoms with van der Waals surface area (Å²) in [7, 11) is 0. The Morgan fingerprint density at radius 1 is 1.04 bits per heavy atom. The highest BCUT2D eigenvalue weighted by Crippen LogP contribution is 2.20. The van der Waals surface area contributed by atoms with E-state index in [0.717, 1.165) is 16.7 Å². The first-order valence-corrected chi connectivity index (χ1v) is 7.65. The molecule has 0 saturated heterocycles. The number of benzene rings is 2. The summed E-state index contributed by atoms with van der Waals surface area (Å²) >= 11 is 0. The first-order valence-electron chi connectivity index (χ1n) is 7.65. The molecule has 0 bridgehead atoms. The molecular formula is C20H14FN3O. The number of pyridine rings is 1. The van der Waals surface area contributed by atoms with E-state index in [1.54, 1.807) is 24.3 Å². The zero-order valence-corrected chi connectivity index (χ0v) is 13.2. The number of amides is 1. The number of halogens is 1. The maximum absolute atomic E-state index is 13.0. The normalized spacial score (nSPS) is 10.1. The minimum absolute atomic E-state index is 0.172. The Labute approximate surface area is 144 Å². The van der Waals surface area contributed by atoms with Crippen LogP contribution in [0.5, 0.6) is 0 Å². The molecule has 2 aromatic carbocycles. The summed E-state index contributed by atoms with van der Waals surface area (Å²) in [6.07, 6.45) is 1.69. The van der Waals surface area contributed by atoms with Gasteiger partial charge in [0.15, 0.2) is 0 Å². The monoisotopic (exact) mass is 331 g/mol. The number of aromatic nitrogens is 1. The van der Waals surface area contributed by atoms with Gasteiger partial charge in [0.1, 0.15) is 17.7 Å². The van der Waals surface area contributed by atoms with Gasteiger partial charge in [0.25, 0.3) is 0 Å². The molecule has 0 aliphatic rings. The van der Waals surface area contributed by atoms with Gasteiger partial charge in [-0.25, -0.2) is 9.37 Å². The molecule has 1 N–H and O–H groups in total. The molecule has 0 radical (unpaired) electrons. The van der Waals surface area contributed by atoms with Crippen LogP contribution in [-0.4, -0.2) is 10.9 Å². The molecule has 1 heterocycles. The zero-order valence-electron chi connectivity index (χ0n) is 13.2. The number of hydrogen-bond donors (Lipinski definition) is 1. The molecule has 3 rings (SSSR count). The average Bonchev–Trinajstić information content (AvgIpc) is 2.63. The number of nitrogens with zero attached hydrogens (tertiary/aromatic N) is 2. The third-order valence-electron chi connectivity index (χ3n) is 3.68. The van der Waals surface area contributed by atoms with Gasteiger partial charge in [-0.05, 0) is 41.0 Å². The maximum atomic E-state index is 13.0. The average molecular weight is 331 g/mol. The number of anilines is 1. The number of carbonyl (C=O) groups excluding carboxylic acids is 1. The summed E-state index contributed by atoms with van der Waals surface area (Å²) < 4.78 is 13.0. The molecule has 0 saturated carbocycles. The first kappa shape index (κ1) is 16.3. The fraction of sp³-hybridized carbons (Fsp3) is 0.0500. The lowest BCUT2D eigenvalue weighted by molar-refractivity contribution is -0.115. The molecule has 5 heteroatoms. The summed E-state index contributed by atoms with van der Waals surface area (Å²) in [6, 6.07) is 18.9. The molecule has 0 spiro atoms. The van der Waals surface area contributed by atoms with Gasteiger partial charge in [-0.3, -0.25) is 4.79 Å². The summed E-state index contributed by atoms with van der Waals surface area (Å²) in [5.74, 6) is -0.258. The predicted molar refractivity (Wildman–Crippen MR) is 93.1 cm³/mol. The Morgan fingerprint density at radius 2 is 1.68 bits per heavy atom. The molecule has 122 valence electrons. The molecule has 1 aromatic heterocycles. The number of carbonyl (C=O) groups is 1. The van der Waals surface area contributed by atoms with Gasteiger partial charge < -0.3 is 5.32 Å². The van der Waals surface area contributed by atoms with Crippen molar-refractivity contribution in [1.82, 2.24) is 4.98 Å². The van der Waals surface area contributed by atoms with Crippen LogP contribution >= 0.6 is 0 Å². The van der Waals surface area contributed by atoms with Crippen molar-refractivity contribution in [3.63, 3.8) is 0 Å².